The third-order valence-electron chi connectivity index (χ3n) is 2.69. The zero-order valence-corrected chi connectivity index (χ0v) is 10.4. The molecule has 0 atom stereocenters. The molecule has 0 aliphatic heterocycles. The van der Waals surface area contributed by atoms with Crippen LogP contribution in [0.5, 0.6) is 0 Å². The van der Waals surface area contributed by atoms with Crippen LogP contribution >= 0.6 is 0 Å². The summed E-state index contributed by atoms with van der Waals surface area (Å²) in [5, 5.41) is 2.60. The van der Waals surface area contributed by atoms with Crippen LogP contribution in [0, 0.1) is 6.92 Å². The lowest BCUT2D eigenvalue weighted by Crippen LogP contribution is -2.19. The molecule has 0 aliphatic carbocycles. The number of rotatable bonds is 3. The highest BCUT2D eigenvalue weighted by molar-refractivity contribution is 6.08. The first-order valence-corrected chi connectivity index (χ1v) is 5.71. The van der Waals surface area contributed by atoms with Crippen molar-refractivity contribution >= 4 is 17.6 Å². The SMILES string of the molecule is Cc1ccccc1C(=O)Nc1ncccc1C(N)=O. The Morgan fingerprint density at radius 1 is 1.11 bits per heavy atom. The standard InChI is InChI=1S/C14H13N3O2/c1-9-5-2-3-6-10(9)14(19)17-13-11(12(15)18)7-4-8-16-13/h2-8H,1H3,(H2,15,18)(H,16,17,19). The van der Waals surface area contributed by atoms with Crippen molar-refractivity contribution in [3.8, 4) is 0 Å². The molecule has 0 aliphatic rings. The Morgan fingerprint density at radius 2 is 1.79 bits per heavy atom. The van der Waals surface area contributed by atoms with Crippen LogP contribution in [0.25, 0.3) is 0 Å². The lowest BCUT2D eigenvalue weighted by atomic mass is 10.1. The van der Waals surface area contributed by atoms with Gasteiger partial charge >= 0.3 is 0 Å². The van der Waals surface area contributed by atoms with Gasteiger partial charge in [0.05, 0.1) is 5.56 Å². The molecule has 0 radical (unpaired) electrons. The van der Waals surface area contributed by atoms with Crippen LogP contribution in [0.1, 0.15) is 26.3 Å². The van der Waals surface area contributed by atoms with Gasteiger partial charge in [-0.3, -0.25) is 9.59 Å². The van der Waals surface area contributed by atoms with Gasteiger partial charge in [0.2, 0.25) is 0 Å². The Morgan fingerprint density at radius 3 is 2.47 bits per heavy atom. The molecule has 0 unspecified atom stereocenters. The zero-order chi connectivity index (χ0) is 13.8. The van der Waals surface area contributed by atoms with Gasteiger partial charge in [0.1, 0.15) is 5.82 Å². The maximum atomic E-state index is 12.1. The van der Waals surface area contributed by atoms with Crippen molar-refractivity contribution in [3.63, 3.8) is 0 Å². The number of hydrogen-bond donors (Lipinski definition) is 2. The Kier molecular flexibility index (Phi) is 3.56. The van der Waals surface area contributed by atoms with Crippen molar-refractivity contribution in [1.82, 2.24) is 4.98 Å². The van der Waals surface area contributed by atoms with Gasteiger partial charge in [-0.05, 0) is 30.7 Å². The molecule has 0 bridgehead atoms. The molecule has 0 fully saturated rings. The van der Waals surface area contributed by atoms with Crippen molar-refractivity contribution in [3.05, 3.63) is 59.3 Å². The number of aryl methyl sites for hydroxylation is 1. The van der Waals surface area contributed by atoms with Crippen molar-refractivity contribution in [2.24, 2.45) is 5.73 Å². The summed E-state index contributed by atoms with van der Waals surface area (Å²) < 4.78 is 0. The van der Waals surface area contributed by atoms with E-state index in [4.69, 9.17) is 5.73 Å². The largest absolute Gasteiger partial charge is 0.365 e. The molecule has 2 aromatic rings. The fourth-order valence-electron chi connectivity index (χ4n) is 1.71. The fraction of sp³-hybridized carbons (Fsp3) is 0.0714. The van der Waals surface area contributed by atoms with E-state index in [0.717, 1.165) is 5.56 Å². The zero-order valence-electron chi connectivity index (χ0n) is 10.4. The van der Waals surface area contributed by atoms with E-state index in [1.165, 1.54) is 12.3 Å². The number of pyridine rings is 1. The minimum Gasteiger partial charge on any atom is -0.365 e. The number of aromatic nitrogens is 1. The van der Waals surface area contributed by atoms with Crippen molar-refractivity contribution in [2.45, 2.75) is 6.92 Å². The van der Waals surface area contributed by atoms with Crippen LogP contribution in [0.15, 0.2) is 42.6 Å². The maximum absolute atomic E-state index is 12.1. The number of carbonyl (C=O) groups excluding carboxylic acids is 2. The normalized spacial score (nSPS) is 9.95. The van der Waals surface area contributed by atoms with Gasteiger partial charge in [-0.25, -0.2) is 4.98 Å². The second-order valence-corrected chi connectivity index (χ2v) is 4.03. The lowest BCUT2D eigenvalue weighted by Gasteiger charge is -2.09. The average Bonchev–Trinajstić information content (AvgIpc) is 2.39. The fourth-order valence-corrected chi connectivity index (χ4v) is 1.71. The smallest absolute Gasteiger partial charge is 0.257 e. The second kappa shape index (κ2) is 5.30. The van der Waals surface area contributed by atoms with Crippen LogP contribution in [-0.2, 0) is 0 Å². The molecular weight excluding hydrogens is 242 g/mol. The molecule has 2 rings (SSSR count). The number of primary amides is 1. The van der Waals surface area contributed by atoms with Crippen LogP contribution in [0.2, 0.25) is 0 Å². The van der Waals surface area contributed by atoms with Crippen LogP contribution in [0.4, 0.5) is 5.82 Å². The van der Waals surface area contributed by atoms with Crippen LogP contribution in [-0.4, -0.2) is 16.8 Å². The Labute approximate surface area is 110 Å². The number of hydrogen-bond acceptors (Lipinski definition) is 3. The predicted molar refractivity (Wildman–Crippen MR) is 71.9 cm³/mol. The first kappa shape index (κ1) is 12.8. The van der Waals surface area contributed by atoms with Gasteiger partial charge in [0.15, 0.2) is 0 Å². The number of benzene rings is 1. The topological polar surface area (TPSA) is 85.1 Å². The number of nitrogens with two attached hydrogens (primary N) is 1. The van der Waals surface area contributed by atoms with Crippen LogP contribution < -0.4 is 11.1 Å². The highest BCUT2D eigenvalue weighted by Crippen LogP contribution is 2.14. The molecule has 5 nitrogen and oxygen atoms in total. The summed E-state index contributed by atoms with van der Waals surface area (Å²) in [6, 6.07) is 10.3. The van der Waals surface area contributed by atoms with Crippen LogP contribution in [0.3, 0.4) is 0 Å². The van der Waals surface area contributed by atoms with E-state index in [2.05, 4.69) is 10.3 Å². The molecule has 5 heteroatoms. The van der Waals surface area contributed by atoms with Gasteiger partial charge in [-0.2, -0.15) is 0 Å². The van der Waals surface area contributed by atoms with Gasteiger partial charge in [0.25, 0.3) is 11.8 Å². The van der Waals surface area contributed by atoms with Gasteiger partial charge < -0.3 is 11.1 Å². The molecule has 1 heterocycles. The molecule has 96 valence electrons. The molecule has 0 saturated heterocycles. The van der Waals surface area contributed by atoms with E-state index < -0.39 is 5.91 Å². The van der Waals surface area contributed by atoms with E-state index in [0.29, 0.717) is 5.56 Å². The van der Waals surface area contributed by atoms with E-state index >= 15 is 0 Å². The molecule has 0 spiro atoms. The first-order chi connectivity index (χ1) is 9.09. The minimum atomic E-state index is -0.631. The van der Waals surface area contributed by atoms with Gasteiger partial charge in [-0.1, -0.05) is 18.2 Å². The summed E-state index contributed by atoms with van der Waals surface area (Å²) in [5.74, 6) is -0.782. The summed E-state index contributed by atoms with van der Waals surface area (Å²) in [6.07, 6.45) is 1.49. The molecule has 3 N–H and O–H groups in total. The van der Waals surface area contributed by atoms with Gasteiger partial charge in [0, 0.05) is 11.8 Å². The summed E-state index contributed by atoms with van der Waals surface area (Å²) in [7, 11) is 0. The lowest BCUT2D eigenvalue weighted by molar-refractivity contribution is 0.100. The number of nitrogens with zero attached hydrogens (tertiary/aromatic N) is 1. The highest BCUT2D eigenvalue weighted by Gasteiger charge is 2.14. The quantitative estimate of drug-likeness (QED) is 0.876. The molecule has 2 amide bonds. The number of carbonyl (C=O) groups is 2. The van der Waals surface area contributed by atoms with E-state index in [1.807, 2.05) is 19.1 Å². The third kappa shape index (κ3) is 2.77. The minimum absolute atomic E-state index is 0.170. The number of nitrogens with one attached hydrogen (secondary N) is 1. The van der Waals surface area contributed by atoms with E-state index in [1.54, 1.807) is 18.2 Å². The average molecular weight is 255 g/mol. The van der Waals surface area contributed by atoms with Crippen molar-refractivity contribution in [2.75, 3.05) is 5.32 Å². The monoisotopic (exact) mass is 255 g/mol. The van der Waals surface area contributed by atoms with Crippen molar-refractivity contribution < 1.29 is 9.59 Å². The Balaban J connectivity index is 2.30. The number of anilines is 1. The van der Waals surface area contributed by atoms with E-state index in [9.17, 15) is 9.59 Å². The van der Waals surface area contributed by atoms with Crippen molar-refractivity contribution in [1.29, 1.82) is 0 Å². The Bertz CT molecular complexity index is 638. The summed E-state index contributed by atoms with van der Waals surface area (Å²) in [6.45, 7) is 1.84. The second-order valence-electron chi connectivity index (χ2n) is 4.03. The summed E-state index contributed by atoms with van der Waals surface area (Å²) in [4.78, 5) is 27.3. The molecule has 1 aromatic heterocycles. The highest BCUT2D eigenvalue weighted by atomic mass is 16.2. The van der Waals surface area contributed by atoms with Gasteiger partial charge in [-0.15, -0.1) is 0 Å². The molecule has 1 aromatic carbocycles. The predicted octanol–water partition coefficient (Wildman–Crippen LogP) is 1.74. The maximum Gasteiger partial charge on any atom is 0.257 e. The Hall–Kier alpha value is -2.69. The molecule has 19 heavy (non-hydrogen) atoms. The summed E-state index contributed by atoms with van der Waals surface area (Å²) in [5.41, 5.74) is 6.79. The molecular formula is C14H13N3O2. The van der Waals surface area contributed by atoms with E-state index in [-0.39, 0.29) is 17.3 Å². The third-order valence-corrected chi connectivity index (χ3v) is 2.69. The number of amides is 2. The summed E-state index contributed by atoms with van der Waals surface area (Å²) >= 11 is 0. The first-order valence-electron chi connectivity index (χ1n) is 5.71. The molecule has 0 saturated carbocycles.